The Labute approximate surface area is 183 Å². The third kappa shape index (κ3) is 3.32. The quantitative estimate of drug-likeness (QED) is 0.698. The molecule has 3 aliphatic heterocycles. The van der Waals surface area contributed by atoms with E-state index in [-0.39, 0.29) is 24.6 Å². The van der Waals surface area contributed by atoms with Gasteiger partial charge in [0.25, 0.3) is 5.56 Å². The second kappa shape index (κ2) is 7.40. The van der Waals surface area contributed by atoms with Crippen molar-refractivity contribution in [3.05, 3.63) is 46.2 Å². The molecule has 3 atom stereocenters. The van der Waals surface area contributed by atoms with Crippen molar-refractivity contribution < 1.29 is 22.6 Å². The van der Waals surface area contributed by atoms with Crippen LogP contribution in [0.15, 0.2) is 35.1 Å². The van der Waals surface area contributed by atoms with Gasteiger partial charge in [0.15, 0.2) is 5.54 Å². The van der Waals surface area contributed by atoms with E-state index in [1.807, 2.05) is 17.0 Å². The average molecular weight is 450 g/mol. The smallest absolute Gasteiger partial charge is 0.413 e. The number of fused-ring (bicyclic) bond motifs is 3. The van der Waals surface area contributed by atoms with Gasteiger partial charge in [-0.2, -0.15) is 18.2 Å². The predicted octanol–water partition coefficient (Wildman–Crippen LogP) is 2.61. The highest BCUT2D eigenvalue weighted by Crippen LogP contribution is 2.43. The summed E-state index contributed by atoms with van der Waals surface area (Å²) in [7, 11) is 1.56. The molecular formula is C22H25F3N4O3. The molecule has 0 N–H and O–H groups in total. The molecular weight excluding hydrogens is 425 g/mol. The van der Waals surface area contributed by atoms with Gasteiger partial charge in [0.05, 0.1) is 32.4 Å². The molecule has 0 aliphatic carbocycles. The molecule has 2 aromatic rings. The van der Waals surface area contributed by atoms with Gasteiger partial charge in [-0.25, -0.2) is 0 Å². The summed E-state index contributed by atoms with van der Waals surface area (Å²) in [5, 5.41) is 0. The minimum atomic E-state index is -4.53. The first-order valence-electron chi connectivity index (χ1n) is 10.7. The van der Waals surface area contributed by atoms with E-state index >= 15 is 0 Å². The van der Waals surface area contributed by atoms with Gasteiger partial charge in [0.1, 0.15) is 11.6 Å². The van der Waals surface area contributed by atoms with E-state index in [2.05, 4.69) is 4.98 Å². The van der Waals surface area contributed by atoms with E-state index in [0.29, 0.717) is 31.1 Å². The maximum Gasteiger partial charge on any atom is 0.413 e. The average Bonchev–Trinajstić information content (AvgIpc) is 3.46. The molecule has 1 aromatic carbocycles. The monoisotopic (exact) mass is 450 g/mol. The predicted molar refractivity (Wildman–Crippen MR) is 112 cm³/mol. The summed E-state index contributed by atoms with van der Waals surface area (Å²) >= 11 is 0. The summed E-state index contributed by atoms with van der Waals surface area (Å²) in [6.45, 7) is 1.89. The van der Waals surface area contributed by atoms with Gasteiger partial charge in [-0.15, -0.1) is 0 Å². The van der Waals surface area contributed by atoms with E-state index in [1.54, 1.807) is 19.2 Å². The van der Waals surface area contributed by atoms with Crippen molar-refractivity contribution in [2.24, 2.45) is 0 Å². The molecule has 3 aliphatic rings. The van der Waals surface area contributed by atoms with Gasteiger partial charge >= 0.3 is 6.18 Å². The van der Waals surface area contributed by atoms with Crippen LogP contribution in [0.2, 0.25) is 0 Å². The number of halogens is 3. The number of benzene rings is 1. The van der Waals surface area contributed by atoms with Gasteiger partial charge in [-0.1, -0.05) is 12.1 Å². The van der Waals surface area contributed by atoms with Crippen LogP contribution in [-0.4, -0.2) is 60.2 Å². The number of hydrogen-bond donors (Lipinski definition) is 0. The number of methoxy groups -OCH3 is 1. The Kier molecular flexibility index (Phi) is 4.88. The van der Waals surface area contributed by atoms with Gasteiger partial charge < -0.3 is 19.3 Å². The Hall–Kier alpha value is -2.75. The summed E-state index contributed by atoms with van der Waals surface area (Å²) in [5.41, 5.74) is -1.80. The molecule has 0 saturated carbocycles. The molecule has 32 heavy (non-hydrogen) atoms. The van der Waals surface area contributed by atoms with Crippen LogP contribution in [0.5, 0.6) is 5.75 Å². The zero-order chi connectivity index (χ0) is 22.7. The number of nitrogens with zero attached hydrogens (tertiary/aromatic N) is 4. The van der Waals surface area contributed by atoms with Crippen molar-refractivity contribution in [3.63, 3.8) is 0 Å². The molecule has 2 fully saturated rings. The van der Waals surface area contributed by atoms with Crippen LogP contribution in [0.25, 0.3) is 0 Å². The maximum atomic E-state index is 14.2. The van der Waals surface area contributed by atoms with Crippen molar-refractivity contribution in [3.8, 4) is 5.75 Å². The first-order valence-corrected chi connectivity index (χ1v) is 10.7. The fourth-order valence-corrected chi connectivity index (χ4v) is 4.90. The van der Waals surface area contributed by atoms with E-state index in [4.69, 9.17) is 9.47 Å². The maximum absolute atomic E-state index is 14.2. The fourth-order valence-electron chi connectivity index (χ4n) is 4.90. The van der Waals surface area contributed by atoms with Crippen molar-refractivity contribution in [1.29, 1.82) is 0 Å². The Morgan fingerprint density at radius 1 is 1.28 bits per heavy atom. The first kappa shape index (κ1) is 21.1. The highest BCUT2D eigenvalue weighted by Gasteiger charge is 2.59. The molecule has 7 nitrogen and oxygen atoms in total. The number of anilines is 2. The van der Waals surface area contributed by atoms with E-state index < -0.39 is 23.8 Å². The van der Waals surface area contributed by atoms with Gasteiger partial charge in [0, 0.05) is 19.2 Å². The number of alkyl halides is 3. The summed E-state index contributed by atoms with van der Waals surface area (Å²) in [6, 6.07) is 8.69. The lowest BCUT2D eigenvalue weighted by molar-refractivity contribution is -0.182. The zero-order valence-electron chi connectivity index (χ0n) is 17.9. The first-order chi connectivity index (χ1) is 15.2. The second-order valence-electron chi connectivity index (χ2n) is 8.86. The molecule has 2 saturated heterocycles. The molecule has 0 unspecified atom stereocenters. The third-order valence-corrected chi connectivity index (χ3v) is 6.87. The topological polar surface area (TPSA) is 59.8 Å². The third-order valence-electron chi connectivity index (χ3n) is 6.87. The van der Waals surface area contributed by atoms with Crippen LogP contribution in [0.1, 0.15) is 18.9 Å². The van der Waals surface area contributed by atoms with Crippen molar-refractivity contribution in [1.82, 2.24) is 9.55 Å². The molecule has 2 bridgehead atoms. The van der Waals surface area contributed by atoms with Crippen LogP contribution in [0.3, 0.4) is 0 Å². The Bertz CT molecular complexity index is 1070. The molecule has 10 heteroatoms. The summed E-state index contributed by atoms with van der Waals surface area (Å²) < 4.78 is 54.5. The zero-order valence-corrected chi connectivity index (χ0v) is 17.9. The minimum absolute atomic E-state index is 0.0736. The highest BCUT2D eigenvalue weighted by atomic mass is 19.4. The highest BCUT2D eigenvalue weighted by molar-refractivity contribution is 5.51. The normalized spacial score (nSPS) is 26.7. The van der Waals surface area contributed by atoms with Crippen LogP contribution >= 0.6 is 0 Å². The van der Waals surface area contributed by atoms with E-state index in [0.717, 1.165) is 23.5 Å². The van der Waals surface area contributed by atoms with Crippen LogP contribution in [0, 0.1) is 0 Å². The lowest BCUT2D eigenvalue weighted by Gasteiger charge is -2.37. The number of rotatable bonds is 5. The number of hydrogen-bond acceptors (Lipinski definition) is 6. The number of morpholine rings is 1. The van der Waals surface area contributed by atoms with Gasteiger partial charge in [-0.05, 0) is 37.5 Å². The summed E-state index contributed by atoms with van der Waals surface area (Å²) in [5.74, 6) is 1.18. The molecule has 1 aromatic heterocycles. The Morgan fingerprint density at radius 3 is 2.62 bits per heavy atom. The van der Waals surface area contributed by atoms with Gasteiger partial charge in [-0.3, -0.25) is 9.36 Å². The molecule has 0 radical (unpaired) electrons. The standard InChI is InChI=1S/C22H25F3N4O3/c1-21(22(23,24)25)13-28-19(30)10-18(27-11-17-9-15(27)12-32-17)26-20(28)29(21)8-7-14-3-5-16(31-2)6-4-14/h3-6,10,15,17H,7-9,11-13H2,1-2H3/t15-,17+,21-/m0/s1. The van der Waals surface area contributed by atoms with E-state index in [9.17, 15) is 18.0 Å². The van der Waals surface area contributed by atoms with Crippen molar-refractivity contribution >= 4 is 11.8 Å². The molecule has 0 amide bonds. The molecule has 4 heterocycles. The Morgan fingerprint density at radius 2 is 2.03 bits per heavy atom. The lowest BCUT2D eigenvalue weighted by atomic mass is 10.00. The SMILES string of the molecule is COc1ccc(CCN2c3nc(N4C[C@H]5C[C@H]4CO5)cc(=O)n3C[C@@]2(C)C(F)(F)F)cc1. The van der Waals surface area contributed by atoms with E-state index in [1.165, 1.54) is 11.0 Å². The largest absolute Gasteiger partial charge is 0.497 e. The van der Waals surface area contributed by atoms with Crippen LogP contribution in [-0.2, 0) is 17.7 Å². The molecule has 172 valence electrons. The van der Waals surface area contributed by atoms with Crippen molar-refractivity contribution in [2.75, 3.05) is 36.6 Å². The van der Waals surface area contributed by atoms with Crippen LogP contribution in [0.4, 0.5) is 24.9 Å². The summed E-state index contributed by atoms with van der Waals surface area (Å²) in [6.07, 6.45) is -3.22. The second-order valence-corrected chi connectivity index (χ2v) is 8.86. The molecule has 0 spiro atoms. The number of ether oxygens (including phenoxy) is 2. The lowest BCUT2D eigenvalue weighted by Crippen LogP contribution is -2.56. The fraction of sp³-hybridized carbons (Fsp3) is 0.545. The van der Waals surface area contributed by atoms with Crippen molar-refractivity contribution in [2.45, 2.75) is 50.2 Å². The minimum Gasteiger partial charge on any atom is -0.497 e. The Balaban J connectivity index is 1.49. The summed E-state index contributed by atoms with van der Waals surface area (Å²) in [4.78, 5) is 20.7. The number of aromatic nitrogens is 2. The van der Waals surface area contributed by atoms with Gasteiger partial charge in [0.2, 0.25) is 5.95 Å². The molecule has 5 rings (SSSR count). The van der Waals surface area contributed by atoms with Crippen LogP contribution < -0.4 is 20.1 Å².